The number of aromatic nitrogens is 1. The van der Waals surface area contributed by atoms with Crippen molar-refractivity contribution in [3.05, 3.63) is 11.1 Å². The normalized spacial score (nSPS) is 18.8. The number of thiazole rings is 1. The van der Waals surface area contributed by atoms with E-state index in [-0.39, 0.29) is 5.91 Å². The predicted octanol–water partition coefficient (Wildman–Crippen LogP) is 0.847. The lowest BCUT2D eigenvalue weighted by Gasteiger charge is -2.45. The summed E-state index contributed by atoms with van der Waals surface area (Å²) in [5, 5.41) is 15.1. The van der Waals surface area contributed by atoms with E-state index in [0.717, 1.165) is 12.1 Å². The fourth-order valence-corrected chi connectivity index (χ4v) is 2.60. The summed E-state index contributed by atoms with van der Waals surface area (Å²) in [6.45, 7) is 5.32. The lowest BCUT2D eigenvalue weighted by atomic mass is 9.91. The Kier molecular flexibility index (Phi) is 3.46. The van der Waals surface area contributed by atoms with E-state index in [2.05, 4.69) is 10.3 Å². The molecule has 94 valence electrons. The Bertz CT molecular complexity index is 413. The zero-order valence-electron chi connectivity index (χ0n) is 10.1. The fourth-order valence-electron chi connectivity index (χ4n) is 1.89. The topological polar surface area (TPSA) is 65.5 Å². The van der Waals surface area contributed by atoms with Crippen LogP contribution in [0.4, 0.5) is 5.13 Å². The van der Waals surface area contributed by atoms with Gasteiger partial charge in [-0.25, -0.2) is 4.98 Å². The van der Waals surface area contributed by atoms with E-state index in [1.54, 1.807) is 0 Å². The summed E-state index contributed by atoms with van der Waals surface area (Å²) >= 11 is 1.42. The minimum Gasteiger partial charge on any atom is -0.387 e. The predicted molar refractivity (Wildman–Crippen MR) is 67.2 cm³/mol. The van der Waals surface area contributed by atoms with E-state index in [0.29, 0.717) is 24.8 Å². The van der Waals surface area contributed by atoms with Gasteiger partial charge in [0.15, 0.2) is 5.13 Å². The van der Waals surface area contributed by atoms with Crippen molar-refractivity contribution in [1.29, 1.82) is 0 Å². The Balaban J connectivity index is 1.76. The molecule has 17 heavy (non-hydrogen) atoms. The van der Waals surface area contributed by atoms with E-state index in [1.807, 2.05) is 24.1 Å². The number of carbonyl (C=O) groups is 1. The van der Waals surface area contributed by atoms with E-state index in [1.165, 1.54) is 11.3 Å². The van der Waals surface area contributed by atoms with Crippen molar-refractivity contribution in [2.75, 3.05) is 25.0 Å². The number of hydrogen-bond donors (Lipinski definition) is 2. The second-order valence-corrected chi connectivity index (χ2v) is 5.42. The van der Waals surface area contributed by atoms with Crippen LogP contribution in [0.25, 0.3) is 0 Å². The van der Waals surface area contributed by atoms with Crippen LogP contribution in [0, 0.1) is 6.92 Å². The van der Waals surface area contributed by atoms with Gasteiger partial charge in [0, 0.05) is 18.5 Å². The molecule has 1 aliphatic heterocycles. The number of hydrogen-bond acceptors (Lipinski definition) is 5. The number of likely N-dealkylation sites (tertiary alicyclic amines) is 1. The number of anilines is 1. The van der Waals surface area contributed by atoms with Crippen LogP contribution in [0.1, 0.15) is 19.0 Å². The largest absolute Gasteiger partial charge is 0.387 e. The summed E-state index contributed by atoms with van der Waals surface area (Å²) in [4.78, 5) is 17.8. The molecule has 6 heteroatoms. The first-order valence-electron chi connectivity index (χ1n) is 5.67. The molecule has 2 heterocycles. The van der Waals surface area contributed by atoms with Gasteiger partial charge in [0.1, 0.15) is 0 Å². The Morgan fingerprint density at radius 3 is 2.94 bits per heavy atom. The van der Waals surface area contributed by atoms with Crippen molar-refractivity contribution in [2.45, 2.75) is 25.9 Å². The number of aryl methyl sites for hydroxylation is 1. The highest BCUT2D eigenvalue weighted by Gasteiger charge is 2.39. The molecule has 1 saturated heterocycles. The van der Waals surface area contributed by atoms with Crippen molar-refractivity contribution in [1.82, 2.24) is 9.88 Å². The smallest absolute Gasteiger partial charge is 0.240 e. The van der Waals surface area contributed by atoms with Gasteiger partial charge in [-0.3, -0.25) is 9.69 Å². The Hall–Kier alpha value is -0.980. The average molecular weight is 255 g/mol. The number of aliphatic hydroxyl groups is 1. The molecule has 1 aromatic rings. The van der Waals surface area contributed by atoms with Gasteiger partial charge in [-0.1, -0.05) is 6.92 Å². The summed E-state index contributed by atoms with van der Waals surface area (Å²) in [5.74, 6) is -0.0718. The first-order chi connectivity index (χ1) is 8.00. The van der Waals surface area contributed by atoms with Gasteiger partial charge in [0.25, 0.3) is 0 Å². The van der Waals surface area contributed by atoms with Gasteiger partial charge in [-0.2, -0.15) is 0 Å². The average Bonchev–Trinajstić information content (AvgIpc) is 2.61. The maximum atomic E-state index is 11.7. The molecule has 0 spiro atoms. The van der Waals surface area contributed by atoms with Crippen molar-refractivity contribution in [3.63, 3.8) is 0 Å². The molecule has 1 aromatic heterocycles. The van der Waals surface area contributed by atoms with Crippen LogP contribution in [0.15, 0.2) is 5.38 Å². The van der Waals surface area contributed by atoms with Gasteiger partial charge in [-0.15, -0.1) is 11.3 Å². The van der Waals surface area contributed by atoms with Crippen LogP contribution in [0.5, 0.6) is 0 Å². The summed E-state index contributed by atoms with van der Waals surface area (Å²) in [7, 11) is 0. The molecule has 0 aliphatic carbocycles. The van der Waals surface area contributed by atoms with Crippen LogP contribution in [-0.2, 0) is 4.79 Å². The number of amides is 1. The van der Waals surface area contributed by atoms with Gasteiger partial charge < -0.3 is 10.4 Å². The molecule has 0 aromatic carbocycles. The van der Waals surface area contributed by atoms with E-state index >= 15 is 0 Å². The number of rotatable bonds is 4. The number of nitrogens with one attached hydrogen (secondary N) is 1. The molecule has 2 rings (SSSR count). The molecule has 5 nitrogen and oxygen atoms in total. The molecule has 0 atom stereocenters. The third-order valence-corrected chi connectivity index (χ3v) is 3.80. The molecule has 2 N–H and O–H groups in total. The molecule has 0 saturated carbocycles. The van der Waals surface area contributed by atoms with Crippen LogP contribution in [-0.4, -0.2) is 46.1 Å². The first kappa shape index (κ1) is 12.5. The molecule has 1 amide bonds. The summed E-state index contributed by atoms with van der Waals surface area (Å²) in [6.07, 6.45) is 0.733. The second kappa shape index (κ2) is 4.72. The SMILES string of the molecule is CCC1(O)CN(CC(=O)Nc2nc(C)cs2)C1. The van der Waals surface area contributed by atoms with Crippen molar-refractivity contribution in [3.8, 4) is 0 Å². The molecule has 1 aliphatic rings. The highest BCUT2D eigenvalue weighted by atomic mass is 32.1. The molecule has 0 radical (unpaired) electrons. The van der Waals surface area contributed by atoms with Gasteiger partial charge >= 0.3 is 0 Å². The fraction of sp³-hybridized carbons (Fsp3) is 0.636. The van der Waals surface area contributed by atoms with Crippen LogP contribution in [0.3, 0.4) is 0 Å². The molecule has 0 bridgehead atoms. The van der Waals surface area contributed by atoms with Crippen molar-refractivity contribution in [2.24, 2.45) is 0 Å². The van der Waals surface area contributed by atoms with Crippen LogP contribution < -0.4 is 5.32 Å². The lowest BCUT2D eigenvalue weighted by Crippen LogP contribution is -2.62. The third-order valence-electron chi connectivity index (χ3n) is 2.93. The minimum atomic E-state index is -0.585. The molecule has 1 fully saturated rings. The Labute approximate surface area is 104 Å². The van der Waals surface area contributed by atoms with Crippen molar-refractivity contribution >= 4 is 22.4 Å². The zero-order valence-corrected chi connectivity index (χ0v) is 10.9. The quantitative estimate of drug-likeness (QED) is 0.837. The van der Waals surface area contributed by atoms with Gasteiger partial charge in [0.05, 0.1) is 17.8 Å². The Morgan fingerprint density at radius 1 is 1.71 bits per heavy atom. The number of β-amino-alcohol motifs (C(OH)–C–C–N with tert-alkyl or cyclic N) is 1. The zero-order chi connectivity index (χ0) is 12.5. The third kappa shape index (κ3) is 3.02. The number of nitrogens with zero attached hydrogens (tertiary/aromatic N) is 2. The standard InChI is InChI=1S/C11H17N3O2S/c1-3-11(16)6-14(7-11)4-9(15)13-10-12-8(2)5-17-10/h5,16H,3-4,6-7H2,1-2H3,(H,12,13,15). The summed E-state index contributed by atoms with van der Waals surface area (Å²) < 4.78 is 0. The second-order valence-electron chi connectivity index (χ2n) is 4.57. The van der Waals surface area contributed by atoms with E-state index in [4.69, 9.17) is 0 Å². The highest BCUT2D eigenvalue weighted by molar-refractivity contribution is 7.13. The van der Waals surface area contributed by atoms with Gasteiger partial charge in [0.2, 0.25) is 5.91 Å². The maximum Gasteiger partial charge on any atom is 0.240 e. The Morgan fingerprint density at radius 2 is 2.41 bits per heavy atom. The van der Waals surface area contributed by atoms with E-state index < -0.39 is 5.60 Å². The molecule has 0 unspecified atom stereocenters. The minimum absolute atomic E-state index is 0.0718. The summed E-state index contributed by atoms with van der Waals surface area (Å²) in [6, 6.07) is 0. The first-order valence-corrected chi connectivity index (χ1v) is 6.55. The number of carbonyl (C=O) groups excluding carboxylic acids is 1. The van der Waals surface area contributed by atoms with Crippen LogP contribution in [0.2, 0.25) is 0 Å². The lowest BCUT2D eigenvalue weighted by molar-refractivity contribution is -0.128. The van der Waals surface area contributed by atoms with Gasteiger partial charge in [-0.05, 0) is 13.3 Å². The van der Waals surface area contributed by atoms with Crippen molar-refractivity contribution < 1.29 is 9.90 Å². The van der Waals surface area contributed by atoms with Crippen LogP contribution >= 0.6 is 11.3 Å². The highest BCUT2D eigenvalue weighted by Crippen LogP contribution is 2.23. The summed E-state index contributed by atoms with van der Waals surface area (Å²) in [5.41, 5.74) is 0.326. The molecular weight excluding hydrogens is 238 g/mol. The maximum absolute atomic E-state index is 11.7. The molecular formula is C11H17N3O2S. The monoisotopic (exact) mass is 255 g/mol. The van der Waals surface area contributed by atoms with E-state index in [9.17, 15) is 9.90 Å².